The summed E-state index contributed by atoms with van der Waals surface area (Å²) in [6.07, 6.45) is 1.29. The van der Waals surface area contributed by atoms with E-state index in [1.807, 2.05) is 6.92 Å². The molecule has 0 bridgehead atoms. The lowest BCUT2D eigenvalue weighted by Crippen LogP contribution is -2.14. The fourth-order valence-electron chi connectivity index (χ4n) is 1.70. The number of aromatic nitrogens is 2. The SMILES string of the molecule is Cc1ccc(NC(=O)c2ccnc(C(=O)O)c2)c(C)n1. The Labute approximate surface area is 115 Å². The first-order valence-corrected chi connectivity index (χ1v) is 5.92. The predicted octanol–water partition coefficient (Wildman–Crippen LogP) is 2.04. The van der Waals surface area contributed by atoms with Crippen LogP contribution in [0.2, 0.25) is 0 Å². The van der Waals surface area contributed by atoms with Crippen LogP contribution in [0.1, 0.15) is 32.2 Å². The van der Waals surface area contributed by atoms with Crippen LogP contribution < -0.4 is 5.32 Å². The minimum atomic E-state index is -1.17. The van der Waals surface area contributed by atoms with Crippen LogP contribution in [0, 0.1) is 13.8 Å². The smallest absolute Gasteiger partial charge is 0.354 e. The zero-order valence-corrected chi connectivity index (χ0v) is 11.0. The largest absolute Gasteiger partial charge is 0.477 e. The van der Waals surface area contributed by atoms with Crippen molar-refractivity contribution < 1.29 is 14.7 Å². The zero-order chi connectivity index (χ0) is 14.7. The van der Waals surface area contributed by atoms with Crippen LogP contribution in [0.4, 0.5) is 5.69 Å². The van der Waals surface area contributed by atoms with Crippen LogP contribution >= 0.6 is 0 Å². The number of aromatic carboxylic acids is 1. The Morgan fingerprint density at radius 1 is 1.20 bits per heavy atom. The van der Waals surface area contributed by atoms with Gasteiger partial charge in [-0.1, -0.05) is 0 Å². The summed E-state index contributed by atoms with van der Waals surface area (Å²) in [7, 11) is 0. The Morgan fingerprint density at radius 2 is 1.95 bits per heavy atom. The molecule has 0 spiro atoms. The maximum atomic E-state index is 12.1. The molecule has 0 aliphatic rings. The van der Waals surface area contributed by atoms with Crippen molar-refractivity contribution in [2.45, 2.75) is 13.8 Å². The van der Waals surface area contributed by atoms with Crippen molar-refractivity contribution in [2.24, 2.45) is 0 Å². The molecule has 6 heteroatoms. The van der Waals surface area contributed by atoms with E-state index in [2.05, 4.69) is 15.3 Å². The summed E-state index contributed by atoms with van der Waals surface area (Å²) in [5.41, 5.74) is 2.21. The maximum Gasteiger partial charge on any atom is 0.354 e. The fourth-order valence-corrected chi connectivity index (χ4v) is 1.70. The first-order chi connectivity index (χ1) is 9.47. The molecular weight excluding hydrogens is 258 g/mol. The number of carbonyl (C=O) groups excluding carboxylic acids is 1. The van der Waals surface area contributed by atoms with Crippen molar-refractivity contribution in [3.05, 3.63) is 53.1 Å². The second-order valence-corrected chi connectivity index (χ2v) is 4.27. The van der Waals surface area contributed by atoms with Gasteiger partial charge in [-0.15, -0.1) is 0 Å². The lowest BCUT2D eigenvalue weighted by Gasteiger charge is -2.08. The highest BCUT2D eigenvalue weighted by molar-refractivity contribution is 6.05. The second-order valence-electron chi connectivity index (χ2n) is 4.27. The van der Waals surface area contributed by atoms with Crippen molar-refractivity contribution >= 4 is 17.6 Å². The topological polar surface area (TPSA) is 92.2 Å². The van der Waals surface area contributed by atoms with E-state index in [1.165, 1.54) is 18.3 Å². The zero-order valence-electron chi connectivity index (χ0n) is 11.0. The van der Waals surface area contributed by atoms with E-state index >= 15 is 0 Å². The number of nitrogens with zero attached hydrogens (tertiary/aromatic N) is 2. The molecule has 0 aliphatic heterocycles. The normalized spacial score (nSPS) is 10.1. The molecule has 0 aliphatic carbocycles. The standard InChI is InChI=1S/C14H13N3O3/c1-8-3-4-11(9(2)16-8)17-13(18)10-5-6-15-12(7-10)14(19)20/h3-7H,1-2H3,(H,17,18)(H,19,20). The number of rotatable bonds is 3. The Bertz CT molecular complexity index is 683. The molecule has 0 unspecified atom stereocenters. The third-order valence-electron chi connectivity index (χ3n) is 2.71. The highest BCUT2D eigenvalue weighted by atomic mass is 16.4. The summed E-state index contributed by atoms with van der Waals surface area (Å²) in [5, 5.41) is 11.5. The van der Waals surface area contributed by atoms with Gasteiger partial charge in [0.25, 0.3) is 5.91 Å². The van der Waals surface area contributed by atoms with E-state index in [0.717, 1.165) is 5.69 Å². The van der Waals surface area contributed by atoms with Crippen LogP contribution in [0.15, 0.2) is 30.5 Å². The first kappa shape index (κ1) is 13.7. The quantitative estimate of drug-likeness (QED) is 0.891. The number of aryl methyl sites for hydroxylation is 2. The van der Waals surface area contributed by atoms with Crippen molar-refractivity contribution in [3.8, 4) is 0 Å². The first-order valence-electron chi connectivity index (χ1n) is 5.92. The lowest BCUT2D eigenvalue weighted by molar-refractivity contribution is 0.0690. The van der Waals surface area contributed by atoms with Crippen molar-refractivity contribution in [1.82, 2.24) is 9.97 Å². The molecule has 0 atom stereocenters. The van der Waals surface area contributed by atoms with Crippen molar-refractivity contribution in [3.63, 3.8) is 0 Å². The van der Waals surface area contributed by atoms with Gasteiger partial charge in [0.15, 0.2) is 0 Å². The van der Waals surface area contributed by atoms with Gasteiger partial charge in [0.2, 0.25) is 0 Å². The van der Waals surface area contributed by atoms with E-state index in [9.17, 15) is 9.59 Å². The molecule has 2 aromatic rings. The highest BCUT2D eigenvalue weighted by Gasteiger charge is 2.12. The third kappa shape index (κ3) is 2.97. The number of carboxylic acids is 1. The molecule has 0 saturated heterocycles. The molecule has 2 rings (SSSR count). The number of pyridine rings is 2. The molecule has 0 saturated carbocycles. The monoisotopic (exact) mass is 271 g/mol. The Morgan fingerprint density at radius 3 is 2.60 bits per heavy atom. The molecule has 0 aromatic carbocycles. The third-order valence-corrected chi connectivity index (χ3v) is 2.71. The maximum absolute atomic E-state index is 12.1. The molecule has 0 radical (unpaired) electrons. The van der Waals surface area contributed by atoms with E-state index in [4.69, 9.17) is 5.11 Å². The summed E-state index contributed by atoms with van der Waals surface area (Å²) >= 11 is 0. The van der Waals surface area contributed by atoms with Crippen LogP contribution in [-0.4, -0.2) is 27.0 Å². The lowest BCUT2D eigenvalue weighted by atomic mass is 10.2. The molecule has 2 heterocycles. The molecule has 1 amide bonds. The molecule has 0 fully saturated rings. The highest BCUT2D eigenvalue weighted by Crippen LogP contribution is 2.14. The average molecular weight is 271 g/mol. The van der Waals surface area contributed by atoms with Gasteiger partial charge in [-0.05, 0) is 38.1 Å². The second kappa shape index (κ2) is 5.48. The van der Waals surface area contributed by atoms with Gasteiger partial charge in [0, 0.05) is 17.5 Å². The predicted molar refractivity (Wildman–Crippen MR) is 72.9 cm³/mol. The molecule has 6 nitrogen and oxygen atoms in total. The van der Waals surface area contributed by atoms with E-state index in [0.29, 0.717) is 11.4 Å². The Balaban J connectivity index is 2.24. The number of carbonyl (C=O) groups is 2. The fraction of sp³-hybridized carbons (Fsp3) is 0.143. The Kier molecular flexibility index (Phi) is 3.74. The summed E-state index contributed by atoms with van der Waals surface area (Å²) in [6, 6.07) is 6.24. The molecular formula is C14H13N3O3. The summed E-state index contributed by atoms with van der Waals surface area (Å²) < 4.78 is 0. The Hall–Kier alpha value is -2.76. The van der Waals surface area contributed by atoms with Gasteiger partial charge in [-0.2, -0.15) is 0 Å². The van der Waals surface area contributed by atoms with Gasteiger partial charge in [-0.25, -0.2) is 9.78 Å². The number of carboxylic acid groups (broad SMARTS) is 1. The summed E-state index contributed by atoms with van der Waals surface area (Å²) in [4.78, 5) is 30.8. The number of hydrogen-bond donors (Lipinski definition) is 2. The summed E-state index contributed by atoms with van der Waals surface area (Å²) in [6.45, 7) is 3.65. The van der Waals surface area contributed by atoms with Crippen LogP contribution in [0.5, 0.6) is 0 Å². The number of nitrogens with one attached hydrogen (secondary N) is 1. The number of amides is 1. The van der Waals surface area contributed by atoms with Gasteiger partial charge < -0.3 is 10.4 Å². The van der Waals surface area contributed by atoms with Crippen LogP contribution in [0.3, 0.4) is 0 Å². The van der Waals surface area contributed by atoms with Gasteiger partial charge >= 0.3 is 5.97 Å². The molecule has 2 aromatic heterocycles. The minimum absolute atomic E-state index is 0.170. The van der Waals surface area contributed by atoms with E-state index in [-0.39, 0.29) is 11.3 Å². The van der Waals surface area contributed by atoms with Crippen molar-refractivity contribution in [1.29, 1.82) is 0 Å². The molecule has 2 N–H and O–H groups in total. The minimum Gasteiger partial charge on any atom is -0.477 e. The van der Waals surface area contributed by atoms with E-state index in [1.54, 1.807) is 19.1 Å². The number of hydrogen-bond acceptors (Lipinski definition) is 4. The van der Waals surface area contributed by atoms with Gasteiger partial charge in [-0.3, -0.25) is 9.78 Å². The summed E-state index contributed by atoms with van der Waals surface area (Å²) in [5.74, 6) is -1.57. The van der Waals surface area contributed by atoms with Crippen LogP contribution in [-0.2, 0) is 0 Å². The van der Waals surface area contributed by atoms with Crippen molar-refractivity contribution in [2.75, 3.05) is 5.32 Å². The van der Waals surface area contributed by atoms with Gasteiger partial charge in [0.1, 0.15) is 5.69 Å². The molecule has 20 heavy (non-hydrogen) atoms. The number of anilines is 1. The molecule has 102 valence electrons. The van der Waals surface area contributed by atoms with E-state index < -0.39 is 11.9 Å². The average Bonchev–Trinajstić information content (AvgIpc) is 2.42. The van der Waals surface area contributed by atoms with Gasteiger partial charge in [0.05, 0.1) is 11.4 Å². The van der Waals surface area contributed by atoms with Crippen LogP contribution in [0.25, 0.3) is 0 Å².